The van der Waals surface area contributed by atoms with E-state index in [0.29, 0.717) is 16.9 Å². The maximum atomic E-state index is 13.0. The summed E-state index contributed by atoms with van der Waals surface area (Å²) in [6.45, 7) is 7.25. The van der Waals surface area contributed by atoms with Gasteiger partial charge in [0.15, 0.2) is 0 Å². The molecule has 140 valence electrons. The molecule has 0 saturated carbocycles. The van der Waals surface area contributed by atoms with Crippen LogP contribution in [0.3, 0.4) is 0 Å². The largest absolute Gasteiger partial charge is 0.458 e. The fraction of sp³-hybridized carbons (Fsp3) is 0.263. The molecule has 7 nitrogen and oxygen atoms in total. The summed E-state index contributed by atoms with van der Waals surface area (Å²) in [4.78, 5) is 42.0. The van der Waals surface area contributed by atoms with Gasteiger partial charge in [-0.05, 0) is 30.9 Å². The van der Waals surface area contributed by atoms with Crippen molar-refractivity contribution < 1.29 is 14.5 Å². The average molecular weight is 386 g/mol. The van der Waals surface area contributed by atoms with Crippen LogP contribution < -0.4 is 16.2 Å². The molecule has 0 aliphatic heterocycles. The molecule has 3 heterocycles. The molecule has 0 radical (unpaired) electrons. The smallest absolute Gasteiger partial charge is 0.417 e. The highest BCUT2D eigenvalue weighted by Gasteiger charge is 2.29. The molecule has 0 spiro atoms. The second-order valence-electron chi connectivity index (χ2n) is 6.25. The van der Waals surface area contributed by atoms with Gasteiger partial charge >= 0.3 is 11.7 Å². The second-order valence-corrected chi connectivity index (χ2v) is 7.17. The summed E-state index contributed by atoms with van der Waals surface area (Å²) in [5.74, 6) is -0.552. The number of aromatic amines is 1. The molecule has 0 unspecified atom stereocenters. The van der Waals surface area contributed by atoms with Crippen LogP contribution in [0, 0.1) is 13.8 Å². The van der Waals surface area contributed by atoms with Crippen molar-refractivity contribution in [2.45, 2.75) is 13.8 Å². The van der Waals surface area contributed by atoms with E-state index in [9.17, 15) is 14.4 Å². The van der Waals surface area contributed by atoms with Crippen LogP contribution in [0.1, 0.15) is 21.6 Å². The lowest BCUT2D eigenvalue weighted by molar-refractivity contribution is -0.359. The Hall–Kier alpha value is -3.00. The van der Waals surface area contributed by atoms with Gasteiger partial charge in [0.2, 0.25) is 0 Å². The number of fused-ring (bicyclic) bond motifs is 1. The average Bonchev–Trinajstić information content (AvgIpc) is 3.07. The van der Waals surface area contributed by atoms with Crippen molar-refractivity contribution in [3.8, 4) is 10.4 Å². The summed E-state index contributed by atoms with van der Waals surface area (Å²) in [6.07, 6.45) is 1.48. The van der Waals surface area contributed by atoms with Gasteiger partial charge in [0.05, 0.1) is 7.05 Å². The molecule has 0 atom stereocenters. The highest BCUT2D eigenvalue weighted by atomic mass is 32.1. The van der Waals surface area contributed by atoms with E-state index < -0.39 is 17.2 Å². The number of aryl methyl sites for hydroxylation is 3. The van der Waals surface area contributed by atoms with E-state index in [1.54, 1.807) is 14.0 Å². The Labute approximate surface area is 159 Å². The van der Waals surface area contributed by atoms with E-state index in [4.69, 9.17) is 4.74 Å². The van der Waals surface area contributed by atoms with Gasteiger partial charge in [-0.3, -0.25) is 4.79 Å². The van der Waals surface area contributed by atoms with Gasteiger partial charge in [-0.15, -0.1) is 11.3 Å². The zero-order valence-electron chi connectivity index (χ0n) is 15.6. The molecular formula is C19H20N3O4S+. The third-order valence-corrected chi connectivity index (χ3v) is 5.51. The van der Waals surface area contributed by atoms with E-state index in [0.717, 1.165) is 15.0 Å². The third-order valence-electron chi connectivity index (χ3n) is 4.47. The first-order valence-corrected chi connectivity index (χ1v) is 9.15. The van der Waals surface area contributed by atoms with Crippen LogP contribution in [0.4, 0.5) is 0 Å². The Kier molecular flexibility index (Phi) is 4.84. The minimum Gasteiger partial charge on any atom is -0.458 e. The summed E-state index contributed by atoms with van der Waals surface area (Å²) >= 11 is 1.43. The molecule has 0 aliphatic rings. The molecule has 0 aliphatic carbocycles. The number of nitrogens with one attached hydrogen (secondary N) is 1. The van der Waals surface area contributed by atoms with Gasteiger partial charge < -0.3 is 4.74 Å². The van der Waals surface area contributed by atoms with Gasteiger partial charge in [-0.2, -0.15) is 4.57 Å². The Morgan fingerprint density at radius 3 is 2.59 bits per heavy atom. The SMILES string of the molecule is C=CCOC(=O)c1c(C)[nH+]c2c(c1-c1sccc1C)c(=O)n(C)c(=O)n2C. The van der Waals surface area contributed by atoms with Crippen LogP contribution in [-0.2, 0) is 18.8 Å². The molecule has 3 aromatic rings. The monoisotopic (exact) mass is 386 g/mol. The van der Waals surface area contributed by atoms with Crippen molar-refractivity contribution in [1.29, 1.82) is 0 Å². The molecule has 27 heavy (non-hydrogen) atoms. The fourth-order valence-electron chi connectivity index (χ4n) is 3.09. The molecule has 0 bridgehead atoms. The number of H-pyrrole nitrogens is 1. The normalized spacial score (nSPS) is 11.0. The Morgan fingerprint density at radius 2 is 2.00 bits per heavy atom. The maximum absolute atomic E-state index is 13.0. The standard InChI is InChI=1S/C19H19N3O4S/c1-6-8-26-18(24)12-11(3)20-16-14(13(12)15-10(2)7-9-27-15)17(23)22(5)19(25)21(16)4/h6-7,9H,1,8H2,2-5H3/p+1. The van der Waals surface area contributed by atoms with E-state index in [-0.39, 0.29) is 17.6 Å². The summed E-state index contributed by atoms with van der Waals surface area (Å²) < 4.78 is 7.67. The summed E-state index contributed by atoms with van der Waals surface area (Å²) in [5, 5.41) is 2.18. The minimum absolute atomic E-state index is 0.0600. The zero-order valence-corrected chi connectivity index (χ0v) is 16.4. The first-order chi connectivity index (χ1) is 12.8. The topological polar surface area (TPSA) is 84.4 Å². The molecule has 8 heteroatoms. The lowest BCUT2D eigenvalue weighted by Gasteiger charge is -2.13. The third kappa shape index (κ3) is 2.91. The van der Waals surface area contributed by atoms with Gasteiger partial charge in [0.1, 0.15) is 23.3 Å². The van der Waals surface area contributed by atoms with Crippen LogP contribution in [0.25, 0.3) is 21.5 Å². The van der Waals surface area contributed by atoms with Gasteiger partial charge in [-0.1, -0.05) is 12.7 Å². The summed E-state index contributed by atoms with van der Waals surface area (Å²) in [7, 11) is 3.01. The molecule has 3 rings (SSSR count). The number of hydrogen-bond acceptors (Lipinski definition) is 5. The number of nitrogens with zero attached hydrogens (tertiary/aromatic N) is 2. The van der Waals surface area contributed by atoms with Crippen molar-refractivity contribution in [3.05, 3.63) is 61.8 Å². The molecule has 0 saturated heterocycles. The number of esters is 1. The van der Waals surface area contributed by atoms with E-state index in [1.165, 1.54) is 29.0 Å². The minimum atomic E-state index is -0.552. The van der Waals surface area contributed by atoms with E-state index in [1.807, 2.05) is 18.4 Å². The number of hydrogen-bond donors (Lipinski definition) is 0. The number of pyridine rings is 1. The lowest BCUT2D eigenvalue weighted by atomic mass is 9.99. The maximum Gasteiger partial charge on any atom is 0.417 e. The molecule has 0 aromatic carbocycles. The molecule has 3 aromatic heterocycles. The second kappa shape index (κ2) is 6.96. The summed E-state index contributed by atoms with van der Waals surface area (Å²) in [5.41, 5.74) is 1.67. The quantitative estimate of drug-likeness (QED) is 0.505. The van der Waals surface area contributed by atoms with Gasteiger partial charge in [0.25, 0.3) is 11.2 Å². The van der Waals surface area contributed by atoms with Crippen molar-refractivity contribution in [3.63, 3.8) is 0 Å². The van der Waals surface area contributed by atoms with Crippen LogP contribution in [-0.4, -0.2) is 21.7 Å². The van der Waals surface area contributed by atoms with E-state index >= 15 is 0 Å². The molecule has 0 fully saturated rings. The van der Waals surface area contributed by atoms with Gasteiger partial charge in [0, 0.05) is 17.5 Å². The zero-order chi connectivity index (χ0) is 19.9. The van der Waals surface area contributed by atoms with Crippen molar-refractivity contribution >= 4 is 28.3 Å². The number of carbonyl (C=O) groups excluding carboxylic acids is 1. The van der Waals surface area contributed by atoms with Crippen molar-refractivity contribution in [2.75, 3.05) is 6.61 Å². The lowest BCUT2D eigenvalue weighted by Crippen LogP contribution is -2.40. The van der Waals surface area contributed by atoms with E-state index in [2.05, 4.69) is 11.6 Å². The molecular weight excluding hydrogens is 366 g/mol. The van der Waals surface area contributed by atoms with Crippen LogP contribution in [0.5, 0.6) is 0 Å². The van der Waals surface area contributed by atoms with Crippen molar-refractivity contribution in [2.24, 2.45) is 14.1 Å². The van der Waals surface area contributed by atoms with Crippen molar-refractivity contribution in [1.82, 2.24) is 9.13 Å². The predicted molar refractivity (Wildman–Crippen MR) is 104 cm³/mol. The Bertz CT molecular complexity index is 1200. The molecule has 1 N–H and O–H groups in total. The predicted octanol–water partition coefficient (Wildman–Crippen LogP) is 1.74. The number of rotatable bonds is 4. The molecule has 0 amide bonds. The summed E-state index contributed by atoms with van der Waals surface area (Å²) in [6, 6.07) is 1.92. The van der Waals surface area contributed by atoms with Crippen LogP contribution in [0.2, 0.25) is 0 Å². The van der Waals surface area contributed by atoms with Crippen LogP contribution >= 0.6 is 11.3 Å². The first kappa shape index (κ1) is 18.8. The highest BCUT2D eigenvalue weighted by Crippen LogP contribution is 2.36. The van der Waals surface area contributed by atoms with Gasteiger partial charge in [-0.25, -0.2) is 19.1 Å². The fourth-order valence-corrected chi connectivity index (χ4v) is 4.07. The number of ether oxygens (including phenoxy) is 1. The highest BCUT2D eigenvalue weighted by molar-refractivity contribution is 7.13. The first-order valence-electron chi connectivity index (χ1n) is 8.27. The Morgan fingerprint density at radius 1 is 1.30 bits per heavy atom. The number of carbonyl (C=O) groups is 1. The Balaban J connectivity index is 2.57. The number of aromatic nitrogens is 3. The number of thiophene rings is 1. The van der Waals surface area contributed by atoms with Crippen LogP contribution in [0.15, 0.2) is 33.7 Å².